The highest BCUT2D eigenvalue weighted by molar-refractivity contribution is 5.89. The third-order valence-corrected chi connectivity index (χ3v) is 2.16. The Balaban J connectivity index is 2.56. The lowest BCUT2D eigenvalue weighted by Crippen LogP contribution is -2.09. The first-order valence-electron chi connectivity index (χ1n) is 4.53. The van der Waals surface area contributed by atoms with Crippen molar-refractivity contribution in [1.29, 1.82) is 0 Å². The van der Waals surface area contributed by atoms with E-state index in [1.54, 1.807) is 13.0 Å². The van der Waals surface area contributed by atoms with Gasteiger partial charge in [-0.05, 0) is 19.1 Å². The van der Waals surface area contributed by atoms with Crippen LogP contribution >= 0.6 is 0 Å². The number of carboxylic acid groups (broad SMARTS) is 1. The van der Waals surface area contributed by atoms with Gasteiger partial charge in [0, 0.05) is 5.39 Å². The molecule has 2 N–H and O–H groups in total. The molecule has 0 fully saturated rings. The summed E-state index contributed by atoms with van der Waals surface area (Å²) in [5.74, 6) is 0. The zero-order chi connectivity index (χ0) is 10.8. The number of pyridine rings is 1. The first-order chi connectivity index (χ1) is 7.16. The number of para-hydroxylation sites is 1. The van der Waals surface area contributed by atoms with Crippen LogP contribution in [0, 0.1) is 6.92 Å². The molecule has 0 saturated carbocycles. The molecule has 4 heteroatoms. The zero-order valence-corrected chi connectivity index (χ0v) is 8.19. The standard InChI is InChI=1S/C11H10N2O2/c1-7-10(13-11(14)15)6-8-4-2-3-5-9(8)12-7/h2-6,13H,1H3,(H,14,15). The maximum absolute atomic E-state index is 10.5. The number of amides is 1. The summed E-state index contributed by atoms with van der Waals surface area (Å²) in [6.07, 6.45) is -1.07. The Morgan fingerprint density at radius 1 is 1.40 bits per heavy atom. The molecule has 0 aliphatic heterocycles. The second-order valence-corrected chi connectivity index (χ2v) is 3.24. The van der Waals surface area contributed by atoms with Crippen molar-refractivity contribution in [3.8, 4) is 0 Å². The summed E-state index contributed by atoms with van der Waals surface area (Å²) >= 11 is 0. The molecule has 1 aromatic carbocycles. The Morgan fingerprint density at radius 3 is 2.87 bits per heavy atom. The number of aryl methyl sites for hydroxylation is 1. The third-order valence-electron chi connectivity index (χ3n) is 2.16. The van der Waals surface area contributed by atoms with Crippen LogP contribution in [-0.2, 0) is 0 Å². The highest BCUT2D eigenvalue weighted by Gasteiger charge is 2.04. The van der Waals surface area contributed by atoms with Gasteiger partial charge in [-0.3, -0.25) is 10.3 Å². The molecule has 0 radical (unpaired) electrons. The van der Waals surface area contributed by atoms with Gasteiger partial charge in [-0.1, -0.05) is 18.2 Å². The smallest absolute Gasteiger partial charge is 0.409 e. The van der Waals surface area contributed by atoms with Crippen LogP contribution in [0.25, 0.3) is 10.9 Å². The summed E-state index contributed by atoms with van der Waals surface area (Å²) in [6, 6.07) is 9.37. The van der Waals surface area contributed by atoms with Gasteiger partial charge in [0.05, 0.1) is 16.9 Å². The fourth-order valence-electron chi connectivity index (χ4n) is 1.45. The summed E-state index contributed by atoms with van der Waals surface area (Å²) in [4.78, 5) is 14.8. The number of nitrogens with zero attached hydrogens (tertiary/aromatic N) is 1. The van der Waals surface area contributed by atoms with Crippen LogP contribution in [0.1, 0.15) is 5.69 Å². The average molecular weight is 202 g/mol. The minimum absolute atomic E-state index is 0.529. The quantitative estimate of drug-likeness (QED) is 0.747. The predicted molar refractivity (Wildman–Crippen MR) is 58.1 cm³/mol. The van der Waals surface area contributed by atoms with Crippen molar-refractivity contribution in [2.75, 3.05) is 5.32 Å². The van der Waals surface area contributed by atoms with Gasteiger partial charge in [0.25, 0.3) is 0 Å². The number of aromatic nitrogens is 1. The van der Waals surface area contributed by atoms with E-state index in [9.17, 15) is 4.79 Å². The monoisotopic (exact) mass is 202 g/mol. The number of carbonyl (C=O) groups is 1. The lowest BCUT2D eigenvalue weighted by atomic mass is 10.2. The summed E-state index contributed by atoms with van der Waals surface area (Å²) in [5, 5.41) is 11.9. The van der Waals surface area contributed by atoms with Crippen molar-refractivity contribution in [3.63, 3.8) is 0 Å². The van der Waals surface area contributed by atoms with Gasteiger partial charge in [-0.15, -0.1) is 0 Å². The Kier molecular flexibility index (Phi) is 2.25. The molecule has 0 spiro atoms. The number of benzene rings is 1. The largest absolute Gasteiger partial charge is 0.465 e. The van der Waals surface area contributed by atoms with E-state index in [4.69, 9.17) is 5.11 Å². The maximum Gasteiger partial charge on any atom is 0.409 e. The molecule has 1 aromatic heterocycles. The van der Waals surface area contributed by atoms with Crippen molar-refractivity contribution < 1.29 is 9.90 Å². The summed E-state index contributed by atoms with van der Waals surface area (Å²) in [7, 11) is 0. The molecule has 0 aliphatic rings. The molecular formula is C11H10N2O2. The molecule has 4 nitrogen and oxygen atoms in total. The number of hydrogen-bond acceptors (Lipinski definition) is 2. The van der Waals surface area contributed by atoms with Crippen LogP contribution in [0.15, 0.2) is 30.3 Å². The van der Waals surface area contributed by atoms with Gasteiger partial charge >= 0.3 is 6.09 Å². The van der Waals surface area contributed by atoms with E-state index in [1.807, 2.05) is 24.3 Å². The summed E-state index contributed by atoms with van der Waals surface area (Å²) < 4.78 is 0. The van der Waals surface area contributed by atoms with E-state index in [0.29, 0.717) is 11.4 Å². The minimum Gasteiger partial charge on any atom is -0.465 e. The number of anilines is 1. The molecule has 15 heavy (non-hydrogen) atoms. The van der Waals surface area contributed by atoms with E-state index in [0.717, 1.165) is 10.9 Å². The third kappa shape index (κ3) is 1.88. The normalized spacial score (nSPS) is 10.2. The molecule has 76 valence electrons. The molecule has 0 bridgehead atoms. The van der Waals surface area contributed by atoms with Crippen molar-refractivity contribution >= 4 is 22.7 Å². The molecule has 0 saturated heterocycles. The molecule has 2 aromatic rings. The SMILES string of the molecule is Cc1nc2ccccc2cc1NC(=O)O. The topological polar surface area (TPSA) is 62.2 Å². The minimum atomic E-state index is -1.07. The lowest BCUT2D eigenvalue weighted by Gasteiger charge is -2.06. The highest BCUT2D eigenvalue weighted by atomic mass is 16.4. The van der Waals surface area contributed by atoms with Crippen LogP contribution in [0.3, 0.4) is 0 Å². The van der Waals surface area contributed by atoms with Gasteiger partial charge in [-0.25, -0.2) is 4.79 Å². The van der Waals surface area contributed by atoms with Gasteiger partial charge in [0.1, 0.15) is 0 Å². The van der Waals surface area contributed by atoms with Gasteiger partial charge in [0.2, 0.25) is 0 Å². The fraction of sp³-hybridized carbons (Fsp3) is 0.0909. The summed E-state index contributed by atoms with van der Waals surface area (Å²) in [5.41, 5.74) is 2.07. The van der Waals surface area contributed by atoms with Crippen molar-refractivity contribution in [2.45, 2.75) is 6.92 Å². The number of nitrogens with one attached hydrogen (secondary N) is 1. The molecule has 2 rings (SSSR count). The number of rotatable bonds is 1. The van der Waals surface area contributed by atoms with E-state index >= 15 is 0 Å². The Hall–Kier alpha value is -2.10. The molecular weight excluding hydrogens is 192 g/mol. The highest BCUT2D eigenvalue weighted by Crippen LogP contribution is 2.19. The molecule has 1 heterocycles. The van der Waals surface area contributed by atoms with Crippen LogP contribution < -0.4 is 5.32 Å². The van der Waals surface area contributed by atoms with E-state index in [-0.39, 0.29) is 0 Å². The van der Waals surface area contributed by atoms with Crippen molar-refractivity contribution in [1.82, 2.24) is 4.98 Å². The molecule has 0 aliphatic carbocycles. The van der Waals surface area contributed by atoms with Crippen molar-refractivity contribution in [3.05, 3.63) is 36.0 Å². The van der Waals surface area contributed by atoms with Crippen LogP contribution in [0.4, 0.5) is 10.5 Å². The second-order valence-electron chi connectivity index (χ2n) is 3.24. The van der Waals surface area contributed by atoms with Gasteiger partial charge < -0.3 is 5.11 Å². The predicted octanol–water partition coefficient (Wildman–Crippen LogP) is 2.63. The van der Waals surface area contributed by atoms with Crippen LogP contribution in [-0.4, -0.2) is 16.2 Å². The second kappa shape index (κ2) is 3.57. The van der Waals surface area contributed by atoms with Crippen LogP contribution in [0.5, 0.6) is 0 Å². The lowest BCUT2D eigenvalue weighted by molar-refractivity contribution is 0.209. The number of fused-ring (bicyclic) bond motifs is 1. The summed E-state index contributed by atoms with van der Waals surface area (Å²) in [6.45, 7) is 1.78. The average Bonchev–Trinajstić information content (AvgIpc) is 2.18. The first kappa shape index (κ1) is 9.45. The van der Waals surface area contributed by atoms with Crippen molar-refractivity contribution in [2.24, 2.45) is 0 Å². The Labute approximate surface area is 86.6 Å². The Morgan fingerprint density at radius 2 is 2.13 bits per heavy atom. The van der Waals surface area contributed by atoms with E-state index < -0.39 is 6.09 Å². The fourth-order valence-corrected chi connectivity index (χ4v) is 1.45. The van der Waals surface area contributed by atoms with Crippen LogP contribution in [0.2, 0.25) is 0 Å². The van der Waals surface area contributed by atoms with Gasteiger partial charge in [-0.2, -0.15) is 0 Å². The zero-order valence-electron chi connectivity index (χ0n) is 8.19. The molecule has 0 atom stereocenters. The van der Waals surface area contributed by atoms with Gasteiger partial charge in [0.15, 0.2) is 0 Å². The molecule has 0 unspecified atom stereocenters. The van der Waals surface area contributed by atoms with E-state index in [2.05, 4.69) is 10.3 Å². The first-order valence-corrected chi connectivity index (χ1v) is 4.53. The molecule has 1 amide bonds. The Bertz CT molecular complexity index is 523. The van der Waals surface area contributed by atoms with E-state index in [1.165, 1.54) is 0 Å². The maximum atomic E-state index is 10.5. The number of hydrogen-bond donors (Lipinski definition) is 2.